The number of halogens is 1. The van der Waals surface area contributed by atoms with Gasteiger partial charge >= 0.3 is 0 Å². The van der Waals surface area contributed by atoms with Crippen molar-refractivity contribution in [3.63, 3.8) is 0 Å². The van der Waals surface area contributed by atoms with Gasteiger partial charge in [0.2, 0.25) is 5.91 Å². The third-order valence-corrected chi connectivity index (χ3v) is 7.34. The largest absolute Gasteiger partial charge is 0.493 e. The van der Waals surface area contributed by atoms with E-state index in [4.69, 9.17) is 18.9 Å². The number of nitrogens with one attached hydrogen (secondary N) is 1. The molecule has 10 nitrogen and oxygen atoms in total. The minimum atomic E-state index is -0.550. The highest BCUT2D eigenvalue weighted by atomic mass is 127. The lowest BCUT2D eigenvalue weighted by molar-refractivity contribution is -0.127. The van der Waals surface area contributed by atoms with Crippen molar-refractivity contribution in [2.45, 2.75) is 0 Å². The van der Waals surface area contributed by atoms with Gasteiger partial charge in [-0.2, -0.15) is 0 Å². The van der Waals surface area contributed by atoms with Gasteiger partial charge in [-0.05, 0) is 101 Å². The molecule has 1 aliphatic heterocycles. The molecule has 1 fully saturated rings. The van der Waals surface area contributed by atoms with E-state index in [0.717, 1.165) is 26.5 Å². The minimum Gasteiger partial charge on any atom is -0.493 e. The number of hydrogen-bond acceptors (Lipinski definition) is 9. The summed E-state index contributed by atoms with van der Waals surface area (Å²) in [4.78, 5) is 49.9. The fourth-order valence-electron chi connectivity index (χ4n) is 3.74. The van der Waals surface area contributed by atoms with E-state index in [0.29, 0.717) is 39.8 Å². The molecule has 212 valence electrons. The second kappa shape index (κ2) is 14.0. The Morgan fingerprint density at radius 3 is 2.05 bits per heavy atom. The zero-order valence-corrected chi connectivity index (χ0v) is 25.0. The highest BCUT2D eigenvalue weighted by molar-refractivity contribution is 14.1. The lowest BCUT2D eigenvalue weighted by Crippen LogP contribution is -2.36. The highest BCUT2D eigenvalue weighted by Gasteiger charge is 2.36. The fourth-order valence-corrected chi connectivity index (χ4v) is 4.94. The number of benzene rings is 3. The van der Waals surface area contributed by atoms with Gasteiger partial charge in [0.15, 0.2) is 23.0 Å². The van der Waals surface area contributed by atoms with Crippen LogP contribution < -0.4 is 24.3 Å². The summed E-state index contributed by atoms with van der Waals surface area (Å²) in [5.41, 5.74) is 1.66. The summed E-state index contributed by atoms with van der Waals surface area (Å²) in [6.45, 7) is 0.00270. The molecule has 1 saturated heterocycles. The number of carbonyl (C=O) groups is 4. The molecule has 1 aliphatic rings. The molecule has 12 heteroatoms. The van der Waals surface area contributed by atoms with E-state index >= 15 is 0 Å². The predicted molar refractivity (Wildman–Crippen MR) is 163 cm³/mol. The number of nitrogens with zero attached hydrogens (tertiary/aromatic N) is 1. The highest BCUT2D eigenvalue weighted by Crippen LogP contribution is 2.35. The first-order valence-electron chi connectivity index (χ1n) is 12.2. The Labute approximate surface area is 254 Å². The summed E-state index contributed by atoms with van der Waals surface area (Å²) in [6.07, 6.45) is 2.29. The first kappa shape index (κ1) is 29.9. The molecule has 1 heterocycles. The van der Waals surface area contributed by atoms with Gasteiger partial charge in [-0.25, -0.2) is 0 Å². The molecule has 0 atom stereocenters. The zero-order valence-electron chi connectivity index (χ0n) is 22.0. The maximum absolute atomic E-state index is 12.9. The molecule has 3 aromatic rings. The van der Waals surface area contributed by atoms with Gasteiger partial charge in [0.1, 0.15) is 26.0 Å². The van der Waals surface area contributed by atoms with Crippen LogP contribution in [0.2, 0.25) is 0 Å². The smallest absolute Gasteiger partial charge is 0.294 e. The van der Waals surface area contributed by atoms with Crippen molar-refractivity contribution in [2.75, 3.05) is 39.3 Å². The topological polar surface area (TPSA) is 120 Å². The number of anilines is 1. The number of methoxy groups -OCH3 is 2. The van der Waals surface area contributed by atoms with Crippen molar-refractivity contribution in [1.29, 1.82) is 0 Å². The van der Waals surface area contributed by atoms with Crippen LogP contribution in [0.15, 0.2) is 65.6 Å². The first-order chi connectivity index (χ1) is 19.8. The molecular formula is C29H25IN2O8S. The minimum absolute atomic E-state index is 0.190. The van der Waals surface area contributed by atoms with E-state index in [1.165, 1.54) is 14.2 Å². The fraction of sp³-hybridized carbons (Fsp3) is 0.172. The lowest BCUT2D eigenvalue weighted by Gasteiger charge is -2.14. The Balaban J connectivity index is 1.35. The summed E-state index contributed by atoms with van der Waals surface area (Å²) < 4.78 is 23.2. The van der Waals surface area contributed by atoms with E-state index in [2.05, 4.69) is 27.9 Å². The number of carbonyl (C=O) groups excluding carboxylic acids is 4. The molecule has 3 amide bonds. The Bertz CT molecular complexity index is 1490. The van der Waals surface area contributed by atoms with Crippen LogP contribution in [0.5, 0.6) is 23.0 Å². The van der Waals surface area contributed by atoms with Crippen LogP contribution in [0.1, 0.15) is 15.9 Å². The number of amides is 3. The van der Waals surface area contributed by atoms with Gasteiger partial charge in [-0.1, -0.05) is 6.07 Å². The molecule has 4 rings (SSSR count). The molecular weight excluding hydrogens is 663 g/mol. The van der Waals surface area contributed by atoms with Crippen molar-refractivity contribution in [1.82, 2.24) is 4.90 Å². The number of rotatable bonds is 12. The maximum Gasteiger partial charge on any atom is 0.294 e. The van der Waals surface area contributed by atoms with E-state index in [1.807, 2.05) is 12.1 Å². The number of hydrogen-bond donors (Lipinski definition) is 1. The summed E-state index contributed by atoms with van der Waals surface area (Å²) in [7, 11) is 2.98. The standard InChI is InChI=1S/C29H25IN2O8S/c1-37-24-13-18(3-9-22(24)39-11-12-40-23-10-4-19(17-33)14-25(23)38-2)15-26-28(35)32(29(36)41-26)16-27(34)31-21-7-5-20(30)6-8-21/h3-10,13-15,17H,11-12,16H2,1-2H3,(H,31,34)/b26-15-. The normalized spacial score (nSPS) is 13.7. The third kappa shape index (κ3) is 7.79. The van der Waals surface area contributed by atoms with Crippen LogP contribution in [0.25, 0.3) is 6.08 Å². The first-order valence-corrected chi connectivity index (χ1v) is 14.1. The van der Waals surface area contributed by atoms with Crippen LogP contribution >= 0.6 is 34.4 Å². The van der Waals surface area contributed by atoms with Crippen molar-refractivity contribution >= 4 is 69.5 Å². The Morgan fingerprint density at radius 1 is 0.878 bits per heavy atom. The van der Waals surface area contributed by atoms with Gasteiger partial charge in [-0.3, -0.25) is 24.1 Å². The van der Waals surface area contributed by atoms with Gasteiger partial charge in [-0.15, -0.1) is 0 Å². The van der Waals surface area contributed by atoms with Crippen LogP contribution in [0, 0.1) is 3.57 Å². The van der Waals surface area contributed by atoms with Crippen molar-refractivity contribution < 1.29 is 38.1 Å². The van der Waals surface area contributed by atoms with Gasteiger partial charge in [0, 0.05) is 14.8 Å². The monoisotopic (exact) mass is 688 g/mol. The molecule has 3 aromatic carbocycles. The van der Waals surface area contributed by atoms with Crippen molar-refractivity contribution in [2.24, 2.45) is 0 Å². The summed E-state index contributed by atoms with van der Waals surface area (Å²) in [5.74, 6) is 0.765. The molecule has 0 unspecified atom stereocenters. The molecule has 0 aliphatic carbocycles. The van der Waals surface area contributed by atoms with Crippen molar-refractivity contribution in [3.8, 4) is 23.0 Å². The Kier molecular flexibility index (Phi) is 10.2. The molecule has 1 N–H and O–H groups in total. The maximum atomic E-state index is 12.9. The van der Waals surface area contributed by atoms with Crippen LogP contribution in [-0.4, -0.2) is 62.2 Å². The van der Waals surface area contributed by atoms with Crippen LogP contribution in [0.4, 0.5) is 10.5 Å². The van der Waals surface area contributed by atoms with Gasteiger partial charge in [0.25, 0.3) is 11.1 Å². The average Bonchev–Trinajstić information content (AvgIpc) is 3.23. The van der Waals surface area contributed by atoms with E-state index in [-0.39, 0.29) is 24.7 Å². The summed E-state index contributed by atoms with van der Waals surface area (Å²) in [6, 6.07) is 17.1. The molecule has 0 radical (unpaired) electrons. The second-order valence-electron chi connectivity index (χ2n) is 8.46. The van der Waals surface area contributed by atoms with Crippen LogP contribution in [0.3, 0.4) is 0 Å². The van der Waals surface area contributed by atoms with Crippen LogP contribution in [-0.2, 0) is 9.59 Å². The lowest BCUT2D eigenvalue weighted by atomic mass is 10.2. The SMILES string of the molecule is COc1cc(C=O)ccc1OCCOc1ccc(/C=C2\SC(=O)N(CC(=O)Nc3ccc(I)cc3)C2=O)cc1OC. The van der Waals surface area contributed by atoms with Gasteiger partial charge in [0.05, 0.1) is 19.1 Å². The molecule has 0 saturated carbocycles. The zero-order chi connectivity index (χ0) is 29.4. The Morgan fingerprint density at radius 2 is 1.46 bits per heavy atom. The Hall–Kier alpha value is -4.04. The van der Waals surface area contributed by atoms with E-state index < -0.39 is 17.1 Å². The molecule has 0 bridgehead atoms. The van der Waals surface area contributed by atoms with Gasteiger partial charge < -0.3 is 24.3 Å². The molecule has 0 spiro atoms. The second-order valence-corrected chi connectivity index (χ2v) is 10.7. The predicted octanol–water partition coefficient (Wildman–Crippen LogP) is 5.25. The number of imide groups is 1. The number of thioether (sulfide) groups is 1. The third-order valence-electron chi connectivity index (χ3n) is 5.71. The number of aldehydes is 1. The summed E-state index contributed by atoms with van der Waals surface area (Å²) in [5, 5.41) is 2.16. The van der Waals surface area contributed by atoms with E-state index in [9.17, 15) is 19.2 Å². The summed E-state index contributed by atoms with van der Waals surface area (Å²) >= 11 is 2.92. The number of ether oxygens (including phenoxy) is 4. The van der Waals surface area contributed by atoms with E-state index in [1.54, 1.807) is 54.6 Å². The molecule has 0 aromatic heterocycles. The quantitative estimate of drug-likeness (QED) is 0.118. The molecule has 41 heavy (non-hydrogen) atoms. The van der Waals surface area contributed by atoms with Crippen molar-refractivity contribution in [3.05, 3.63) is 80.3 Å². The average molecular weight is 688 g/mol.